The van der Waals surface area contributed by atoms with Gasteiger partial charge in [0.05, 0.1) is 26.4 Å². The molecular weight excluding hydrogens is 1220 g/mol. The molecule has 0 aromatic rings. The van der Waals surface area contributed by atoms with E-state index in [4.69, 9.17) is 37.0 Å². The molecule has 93 heavy (non-hydrogen) atoms. The van der Waals surface area contributed by atoms with E-state index in [0.717, 1.165) is 120 Å². The van der Waals surface area contributed by atoms with E-state index in [0.29, 0.717) is 25.7 Å². The highest BCUT2D eigenvalue weighted by Gasteiger charge is 2.30. The number of carbonyl (C=O) groups excluding carboxylic acids is 4. The van der Waals surface area contributed by atoms with E-state index in [9.17, 15) is 43.2 Å². The third kappa shape index (κ3) is 68.4. The number of aliphatic hydroxyl groups excluding tert-OH is 1. The normalized spacial score (nSPS) is 14.1. The van der Waals surface area contributed by atoms with Crippen molar-refractivity contribution in [2.24, 2.45) is 17.8 Å². The van der Waals surface area contributed by atoms with Crippen molar-refractivity contribution in [3.05, 3.63) is 0 Å². The van der Waals surface area contributed by atoms with E-state index in [1.54, 1.807) is 0 Å². The Bertz CT molecular complexity index is 1820. The topological polar surface area (TPSA) is 237 Å². The molecule has 5 atom stereocenters. The van der Waals surface area contributed by atoms with Gasteiger partial charge in [-0.2, -0.15) is 0 Å². The Morgan fingerprint density at radius 1 is 0.290 bits per heavy atom. The van der Waals surface area contributed by atoms with Gasteiger partial charge in [-0.05, 0) is 43.4 Å². The van der Waals surface area contributed by atoms with Gasteiger partial charge in [0.25, 0.3) is 0 Å². The summed E-state index contributed by atoms with van der Waals surface area (Å²) in [7, 11) is -9.90. The number of rotatable bonds is 72. The van der Waals surface area contributed by atoms with Gasteiger partial charge in [0.1, 0.15) is 19.3 Å². The van der Waals surface area contributed by atoms with Crippen LogP contribution in [0.5, 0.6) is 0 Å². The van der Waals surface area contributed by atoms with Crippen molar-refractivity contribution in [2.75, 3.05) is 39.6 Å². The number of ether oxygens (including phenoxy) is 4. The summed E-state index contributed by atoms with van der Waals surface area (Å²) in [6, 6.07) is 0. The number of esters is 4. The molecule has 0 radical (unpaired) electrons. The summed E-state index contributed by atoms with van der Waals surface area (Å²) in [5, 5.41) is 10.6. The lowest BCUT2D eigenvalue weighted by atomic mass is 10.0. The van der Waals surface area contributed by atoms with E-state index in [-0.39, 0.29) is 25.7 Å². The van der Waals surface area contributed by atoms with Crippen LogP contribution in [-0.2, 0) is 65.4 Å². The highest BCUT2D eigenvalue weighted by atomic mass is 31.2. The van der Waals surface area contributed by atoms with Gasteiger partial charge in [-0.1, -0.05) is 325 Å². The van der Waals surface area contributed by atoms with Crippen molar-refractivity contribution < 1.29 is 80.2 Å². The number of phosphoric acid groups is 2. The lowest BCUT2D eigenvalue weighted by Crippen LogP contribution is -2.30. The van der Waals surface area contributed by atoms with Gasteiger partial charge in [0, 0.05) is 25.7 Å². The van der Waals surface area contributed by atoms with Gasteiger partial charge in [-0.3, -0.25) is 37.3 Å². The number of hydrogen-bond acceptors (Lipinski definition) is 15. The Hall–Kier alpha value is -1.94. The summed E-state index contributed by atoms with van der Waals surface area (Å²) in [4.78, 5) is 72.6. The average Bonchev–Trinajstić information content (AvgIpc) is 1.99. The van der Waals surface area contributed by atoms with E-state index in [1.165, 1.54) is 173 Å². The molecule has 3 N–H and O–H groups in total. The van der Waals surface area contributed by atoms with Crippen LogP contribution in [0.25, 0.3) is 0 Å². The van der Waals surface area contributed by atoms with Crippen LogP contribution in [0, 0.1) is 17.8 Å². The minimum atomic E-state index is -4.96. The minimum Gasteiger partial charge on any atom is -0.462 e. The minimum absolute atomic E-state index is 0.105. The summed E-state index contributed by atoms with van der Waals surface area (Å²) >= 11 is 0. The first-order valence-electron chi connectivity index (χ1n) is 38.3. The molecule has 0 aromatic carbocycles. The molecule has 2 unspecified atom stereocenters. The van der Waals surface area contributed by atoms with Gasteiger partial charge < -0.3 is 33.8 Å². The molecule has 552 valence electrons. The van der Waals surface area contributed by atoms with Crippen molar-refractivity contribution in [1.82, 2.24) is 0 Å². The first-order valence-corrected chi connectivity index (χ1v) is 41.3. The van der Waals surface area contributed by atoms with Crippen LogP contribution in [0.2, 0.25) is 0 Å². The average molecular weight is 1370 g/mol. The summed E-state index contributed by atoms with van der Waals surface area (Å²) < 4.78 is 68.3. The van der Waals surface area contributed by atoms with Gasteiger partial charge in [-0.25, -0.2) is 9.13 Å². The molecule has 0 heterocycles. The summed E-state index contributed by atoms with van der Waals surface area (Å²) in [5.74, 6) is 0.206. The quantitative estimate of drug-likeness (QED) is 0.0222. The van der Waals surface area contributed by atoms with E-state index in [2.05, 4.69) is 48.5 Å². The predicted molar refractivity (Wildman–Crippen MR) is 377 cm³/mol. The van der Waals surface area contributed by atoms with E-state index < -0.39 is 97.5 Å². The second-order valence-electron chi connectivity index (χ2n) is 28.1. The molecule has 0 rings (SSSR count). The molecule has 0 aliphatic heterocycles. The zero-order valence-electron chi connectivity index (χ0n) is 60.7. The Balaban J connectivity index is 5.20. The smallest absolute Gasteiger partial charge is 0.462 e. The van der Waals surface area contributed by atoms with Gasteiger partial charge >= 0.3 is 39.5 Å². The van der Waals surface area contributed by atoms with Crippen LogP contribution in [0.1, 0.15) is 376 Å². The second kappa shape index (κ2) is 64.7. The maximum Gasteiger partial charge on any atom is 0.472 e. The molecule has 0 aromatic heterocycles. The van der Waals surface area contributed by atoms with Crippen LogP contribution in [0.4, 0.5) is 0 Å². The molecule has 17 nitrogen and oxygen atoms in total. The SMILES string of the molecule is CCCCCCCCCC(=O)OC[C@H](COP(=O)(O)OC[C@H](O)COP(=O)(O)OC[C@@H](COC(=O)CCCCCCCCCCCCCCCCC(C)C)OC(=O)CCCCCCCCCCCCCCCCC(C)C)OC(=O)CCCCCCCCCCCC(C)C. The molecule has 0 spiro atoms. The monoisotopic (exact) mass is 1370 g/mol. The highest BCUT2D eigenvalue weighted by Crippen LogP contribution is 2.45. The largest absolute Gasteiger partial charge is 0.472 e. The highest BCUT2D eigenvalue weighted by molar-refractivity contribution is 7.47. The summed E-state index contributed by atoms with van der Waals surface area (Å²) in [5.41, 5.74) is 0. The third-order valence-corrected chi connectivity index (χ3v) is 19.0. The van der Waals surface area contributed by atoms with Gasteiger partial charge in [-0.15, -0.1) is 0 Å². The van der Waals surface area contributed by atoms with Crippen molar-refractivity contribution in [3.63, 3.8) is 0 Å². The molecular formula is C74H144O17P2. The number of unbranched alkanes of at least 4 members (excludes halogenated alkanes) is 40. The van der Waals surface area contributed by atoms with E-state index in [1.807, 2.05) is 0 Å². The number of carbonyl (C=O) groups is 4. The maximum absolute atomic E-state index is 13.1. The molecule has 0 aliphatic rings. The first-order chi connectivity index (χ1) is 44.7. The molecule has 0 saturated carbocycles. The Morgan fingerprint density at radius 3 is 0.731 bits per heavy atom. The Kier molecular flexibility index (Phi) is 63.4. The lowest BCUT2D eigenvalue weighted by molar-refractivity contribution is -0.161. The maximum atomic E-state index is 13.1. The number of aliphatic hydroxyl groups is 1. The standard InChI is InChI=1S/C74H144O17P2/c1-8-9-10-11-31-41-48-55-71(76)84-61-69(90-74(79)58-51-44-37-30-24-27-34-40-47-54-67(6)7)63-88-92(80,81)86-59-68(75)60-87-93(82,83)89-64-70(91-73(78)57-50-43-36-29-23-19-15-13-17-21-26-33-39-46-53-66(4)5)62-85-72(77)56-49-42-35-28-22-18-14-12-16-20-25-32-38-45-52-65(2)3/h65-70,75H,8-64H2,1-7H3,(H,80,81)(H,82,83)/t68-,69+,70+/m0/s1. The van der Waals surface area contributed by atoms with E-state index >= 15 is 0 Å². The molecule has 0 fully saturated rings. The molecule has 0 aliphatic carbocycles. The van der Waals surface area contributed by atoms with Crippen LogP contribution >= 0.6 is 15.6 Å². The fraction of sp³-hybridized carbons (Fsp3) is 0.946. The third-order valence-electron chi connectivity index (χ3n) is 17.1. The van der Waals surface area contributed by atoms with Gasteiger partial charge in [0.2, 0.25) is 0 Å². The molecule has 0 amide bonds. The van der Waals surface area contributed by atoms with Crippen molar-refractivity contribution >= 4 is 39.5 Å². The molecule has 0 saturated heterocycles. The zero-order chi connectivity index (χ0) is 68.7. The molecule has 19 heteroatoms. The fourth-order valence-electron chi connectivity index (χ4n) is 11.2. The van der Waals surface area contributed by atoms with Crippen molar-refractivity contribution in [2.45, 2.75) is 394 Å². The van der Waals surface area contributed by atoms with Gasteiger partial charge in [0.15, 0.2) is 12.2 Å². The van der Waals surface area contributed by atoms with Crippen molar-refractivity contribution in [3.8, 4) is 0 Å². The van der Waals surface area contributed by atoms with Crippen molar-refractivity contribution in [1.29, 1.82) is 0 Å². The lowest BCUT2D eigenvalue weighted by Gasteiger charge is -2.21. The fourth-order valence-corrected chi connectivity index (χ4v) is 12.8. The van der Waals surface area contributed by atoms with Crippen LogP contribution in [0.3, 0.4) is 0 Å². The molecule has 0 bridgehead atoms. The van der Waals surface area contributed by atoms with Crippen LogP contribution < -0.4 is 0 Å². The number of phosphoric ester groups is 2. The Labute approximate surface area is 568 Å². The second-order valence-corrected chi connectivity index (χ2v) is 31.0. The summed E-state index contributed by atoms with van der Waals surface area (Å²) in [6.45, 7) is 11.9. The predicted octanol–water partition coefficient (Wildman–Crippen LogP) is 21.4. The Morgan fingerprint density at radius 2 is 0.495 bits per heavy atom. The number of hydrogen-bond donors (Lipinski definition) is 3. The summed E-state index contributed by atoms with van der Waals surface area (Å²) in [6.07, 6.45) is 50.1. The first kappa shape index (κ1) is 91.1. The van der Waals surface area contributed by atoms with Crippen LogP contribution in [0.15, 0.2) is 0 Å². The van der Waals surface area contributed by atoms with Crippen LogP contribution in [-0.4, -0.2) is 96.7 Å². The zero-order valence-corrected chi connectivity index (χ0v) is 62.5.